The van der Waals surface area contributed by atoms with Crippen molar-refractivity contribution in [1.29, 1.82) is 0 Å². The number of carbonyl (C=O) groups excluding carboxylic acids is 3. The van der Waals surface area contributed by atoms with Crippen LogP contribution in [0.1, 0.15) is 335 Å². The van der Waals surface area contributed by atoms with Gasteiger partial charge in [-0.3, -0.25) is 9.59 Å². The summed E-state index contributed by atoms with van der Waals surface area (Å²) in [6, 6.07) is 4.74. The number of ether oxygens (including phenoxy) is 1. The summed E-state index contributed by atoms with van der Waals surface area (Å²) in [4.78, 5) is 45.3. The molecule has 0 aliphatic heterocycles. The summed E-state index contributed by atoms with van der Waals surface area (Å²) in [5.41, 5.74) is 0.847. The highest BCUT2D eigenvalue weighted by atomic mass is 16.5. The molecule has 1 aromatic rings. The summed E-state index contributed by atoms with van der Waals surface area (Å²) >= 11 is 0. The molecule has 0 aromatic heterocycles. The molecule has 0 radical (unpaired) electrons. The Bertz CT molecular complexity index is 1360. The fourth-order valence-corrected chi connectivity index (χ4v) is 10.5. The van der Waals surface area contributed by atoms with Crippen LogP contribution in [0.4, 0.5) is 0 Å². The highest BCUT2D eigenvalue weighted by molar-refractivity contribution is 6.03. The number of hydrogen-bond donors (Lipinski definition) is 2. The second-order valence-electron chi connectivity index (χ2n) is 22.3. The molecule has 0 aliphatic carbocycles. The van der Waals surface area contributed by atoms with Gasteiger partial charge in [0.05, 0.1) is 12.7 Å². The lowest BCUT2D eigenvalue weighted by molar-refractivity contribution is 0.0600. The van der Waals surface area contributed by atoms with E-state index in [0.717, 1.165) is 52.1 Å². The van der Waals surface area contributed by atoms with Crippen molar-refractivity contribution in [1.82, 2.24) is 20.4 Å². The third kappa shape index (κ3) is 42.4. The average molecular weight is 1020 g/mol. The molecule has 1 aromatic carbocycles. The van der Waals surface area contributed by atoms with Crippen LogP contribution in [0.5, 0.6) is 0 Å². The van der Waals surface area contributed by atoms with Gasteiger partial charge >= 0.3 is 5.97 Å². The van der Waals surface area contributed by atoms with Crippen molar-refractivity contribution < 1.29 is 19.1 Å². The summed E-state index contributed by atoms with van der Waals surface area (Å²) in [5, 5.41) is 6.23. The minimum absolute atomic E-state index is 0.217. The first-order valence-electron chi connectivity index (χ1n) is 32.1. The van der Waals surface area contributed by atoms with Crippen molar-refractivity contribution in [2.75, 3.05) is 59.5 Å². The molecule has 2 N–H and O–H groups in total. The Kier molecular flexibility index (Phi) is 49.8. The van der Waals surface area contributed by atoms with E-state index in [1.807, 2.05) is 0 Å². The third-order valence-corrected chi connectivity index (χ3v) is 15.3. The number of unbranched alkanes of at least 4 members (excludes halogenated alkanes) is 37. The first kappa shape index (κ1) is 68.6. The second-order valence-corrected chi connectivity index (χ2v) is 22.3. The minimum Gasteiger partial charge on any atom is -0.465 e. The van der Waals surface area contributed by atoms with E-state index in [1.54, 1.807) is 18.2 Å². The molecule has 73 heavy (non-hydrogen) atoms. The number of nitrogens with zero attached hydrogens (tertiary/aromatic N) is 2. The van der Waals surface area contributed by atoms with E-state index >= 15 is 0 Å². The molecule has 0 unspecified atom stereocenters. The maximum atomic E-state index is 13.6. The highest BCUT2D eigenvalue weighted by Crippen LogP contribution is 2.17. The predicted molar refractivity (Wildman–Crippen MR) is 317 cm³/mol. The van der Waals surface area contributed by atoms with Gasteiger partial charge < -0.3 is 25.2 Å². The lowest BCUT2D eigenvalue weighted by Crippen LogP contribution is -2.32. The predicted octanol–water partition coefficient (Wildman–Crippen LogP) is 18.4. The quantitative estimate of drug-likeness (QED) is 0.0499. The summed E-state index contributed by atoms with van der Waals surface area (Å²) in [6.07, 6.45) is 57.0. The van der Waals surface area contributed by atoms with Crippen LogP contribution in [0, 0.1) is 0 Å². The van der Waals surface area contributed by atoms with Crippen molar-refractivity contribution in [2.45, 2.75) is 304 Å². The maximum absolute atomic E-state index is 13.6. The number of rotatable bonds is 56. The molecule has 0 spiro atoms. The van der Waals surface area contributed by atoms with E-state index < -0.39 is 5.97 Å². The number of amides is 2. The van der Waals surface area contributed by atoms with Crippen molar-refractivity contribution in [3.63, 3.8) is 0 Å². The Morgan fingerprint density at radius 3 is 0.753 bits per heavy atom. The number of carbonyl (C=O) groups is 3. The van der Waals surface area contributed by atoms with Gasteiger partial charge in [0.15, 0.2) is 0 Å². The molecule has 0 saturated carbocycles. The maximum Gasteiger partial charge on any atom is 0.337 e. The smallest absolute Gasteiger partial charge is 0.337 e. The fourth-order valence-electron chi connectivity index (χ4n) is 10.5. The van der Waals surface area contributed by atoms with Gasteiger partial charge in [0.2, 0.25) is 0 Å². The van der Waals surface area contributed by atoms with Gasteiger partial charge in [0.1, 0.15) is 0 Å². The summed E-state index contributed by atoms with van der Waals surface area (Å²) in [5.74, 6) is -1.08. The molecular formula is C65H122N4O4. The Labute approximate surface area is 453 Å². The van der Waals surface area contributed by atoms with E-state index in [4.69, 9.17) is 4.74 Å². The highest BCUT2D eigenvalue weighted by Gasteiger charge is 2.17. The van der Waals surface area contributed by atoms with Gasteiger partial charge in [-0.2, -0.15) is 0 Å². The SMILES string of the molecule is CCCCCCCCCCCCCN(CCCCCCCCCCCC)CCCNC(=O)c1cc(C(=O)NCCCN(CCCCCCCCCCCC)CCCCCCCCCCCC)cc(C(=O)OC)c1. The van der Waals surface area contributed by atoms with Gasteiger partial charge in [-0.1, -0.05) is 265 Å². The van der Waals surface area contributed by atoms with Gasteiger partial charge in [-0.05, 0) is 96.0 Å². The Balaban J connectivity index is 2.72. The molecular weight excluding hydrogens is 901 g/mol. The van der Waals surface area contributed by atoms with Crippen LogP contribution in [0.3, 0.4) is 0 Å². The molecule has 0 aliphatic rings. The molecule has 2 amide bonds. The van der Waals surface area contributed by atoms with E-state index in [1.165, 1.54) is 270 Å². The topological polar surface area (TPSA) is 91.0 Å². The molecule has 0 heterocycles. The van der Waals surface area contributed by atoms with E-state index in [-0.39, 0.29) is 17.4 Å². The molecule has 426 valence electrons. The summed E-state index contributed by atoms with van der Waals surface area (Å²) < 4.78 is 5.06. The second kappa shape index (κ2) is 53.0. The molecule has 1 rings (SSSR count). The Hall–Kier alpha value is -2.45. The van der Waals surface area contributed by atoms with Crippen LogP contribution in [-0.4, -0.2) is 87.1 Å². The molecule has 0 bridgehead atoms. The van der Waals surface area contributed by atoms with Crippen molar-refractivity contribution in [3.05, 3.63) is 34.9 Å². The zero-order chi connectivity index (χ0) is 52.9. The van der Waals surface area contributed by atoms with E-state index in [9.17, 15) is 14.4 Å². The van der Waals surface area contributed by atoms with Crippen LogP contribution >= 0.6 is 0 Å². The largest absolute Gasteiger partial charge is 0.465 e. The number of nitrogens with one attached hydrogen (secondary N) is 2. The van der Waals surface area contributed by atoms with Crippen LogP contribution in [0.15, 0.2) is 18.2 Å². The Morgan fingerprint density at radius 1 is 0.315 bits per heavy atom. The normalized spacial score (nSPS) is 11.5. The average Bonchev–Trinajstić information content (AvgIpc) is 3.40. The van der Waals surface area contributed by atoms with Gasteiger partial charge in [0, 0.05) is 24.2 Å². The van der Waals surface area contributed by atoms with Crippen molar-refractivity contribution in [3.8, 4) is 0 Å². The minimum atomic E-state index is -0.552. The van der Waals surface area contributed by atoms with Gasteiger partial charge in [-0.15, -0.1) is 0 Å². The van der Waals surface area contributed by atoms with Gasteiger partial charge in [0.25, 0.3) is 11.8 Å². The monoisotopic (exact) mass is 1020 g/mol. The fraction of sp³-hybridized carbons (Fsp3) is 0.862. The number of benzene rings is 1. The van der Waals surface area contributed by atoms with E-state index in [0.29, 0.717) is 24.2 Å². The first-order chi connectivity index (χ1) is 35.9. The van der Waals surface area contributed by atoms with Crippen molar-refractivity contribution in [2.24, 2.45) is 0 Å². The van der Waals surface area contributed by atoms with Crippen LogP contribution in [-0.2, 0) is 4.74 Å². The summed E-state index contributed by atoms with van der Waals surface area (Å²) in [6.45, 7) is 16.6. The third-order valence-electron chi connectivity index (χ3n) is 15.3. The summed E-state index contributed by atoms with van der Waals surface area (Å²) in [7, 11) is 1.34. The number of hydrogen-bond acceptors (Lipinski definition) is 6. The lowest BCUT2D eigenvalue weighted by atomic mass is 10.0. The van der Waals surface area contributed by atoms with Crippen LogP contribution in [0.25, 0.3) is 0 Å². The molecule has 8 heteroatoms. The van der Waals surface area contributed by atoms with E-state index in [2.05, 4.69) is 48.1 Å². The molecule has 0 saturated heterocycles. The van der Waals surface area contributed by atoms with Crippen LogP contribution < -0.4 is 10.6 Å². The lowest BCUT2D eigenvalue weighted by Gasteiger charge is -2.22. The number of esters is 1. The zero-order valence-corrected chi connectivity index (χ0v) is 49.3. The molecule has 0 atom stereocenters. The van der Waals surface area contributed by atoms with Crippen molar-refractivity contribution >= 4 is 17.8 Å². The molecule has 0 fully saturated rings. The Morgan fingerprint density at radius 2 is 0.521 bits per heavy atom. The molecule has 8 nitrogen and oxygen atoms in total. The van der Waals surface area contributed by atoms with Gasteiger partial charge in [-0.25, -0.2) is 4.79 Å². The first-order valence-corrected chi connectivity index (χ1v) is 32.1. The van der Waals surface area contributed by atoms with Crippen LogP contribution in [0.2, 0.25) is 0 Å². The number of methoxy groups -OCH3 is 1. The standard InChI is InChI=1S/C65H122N4O4/c1-6-10-14-18-22-26-30-34-38-42-46-54-69(53-45-41-37-33-29-25-21-17-13-9-4)56-48-50-67-64(71)61-57-60(58-62(59-61)65(72)73-5)63(70)66-49-47-55-68(51-43-39-35-31-27-23-19-15-11-7-2)52-44-40-36-32-28-24-20-16-12-8-3/h57-59H,6-56H2,1-5H3,(H,66,70)(H,67,71). The zero-order valence-electron chi connectivity index (χ0n) is 49.3.